The molecule has 1 fully saturated rings. The summed E-state index contributed by atoms with van der Waals surface area (Å²) in [6.07, 6.45) is 2.90. The minimum Gasteiger partial charge on any atom is -0.393 e. The van der Waals surface area contributed by atoms with Crippen molar-refractivity contribution in [1.82, 2.24) is 4.90 Å². The van der Waals surface area contributed by atoms with E-state index in [9.17, 15) is 9.90 Å². The molecule has 1 saturated heterocycles. The number of hydrogen-bond acceptors (Lipinski definition) is 3. The summed E-state index contributed by atoms with van der Waals surface area (Å²) in [6, 6.07) is 0. The fraction of sp³-hybridized carbons (Fsp3) is 0.917. The summed E-state index contributed by atoms with van der Waals surface area (Å²) in [5.74, 6) is 0. The van der Waals surface area contributed by atoms with Gasteiger partial charge >= 0.3 is 0 Å². The van der Waals surface area contributed by atoms with Gasteiger partial charge in [0.25, 0.3) is 0 Å². The van der Waals surface area contributed by atoms with E-state index in [0.717, 1.165) is 25.7 Å². The van der Waals surface area contributed by atoms with Gasteiger partial charge in [-0.15, -0.1) is 0 Å². The van der Waals surface area contributed by atoms with E-state index >= 15 is 0 Å². The van der Waals surface area contributed by atoms with Crippen LogP contribution in [0.25, 0.3) is 0 Å². The molecule has 1 N–H and O–H groups in total. The van der Waals surface area contributed by atoms with E-state index in [-0.39, 0.29) is 17.2 Å². The standard InChI is InChI=1S/C12H23NO2/c1-11(2)8-10(15)9-12(3,4)13(11)6-5-7-14/h7,10,15H,5-6,8-9H2,1-4H3. The third-order valence-corrected chi connectivity index (χ3v) is 3.40. The highest BCUT2D eigenvalue weighted by Crippen LogP contribution is 2.38. The van der Waals surface area contributed by atoms with Gasteiger partial charge in [-0.25, -0.2) is 0 Å². The number of nitrogens with zero attached hydrogens (tertiary/aromatic N) is 1. The Balaban J connectivity index is 2.82. The molecule has 0 spiro atoms. The monoisotopic (exact) mass is 213 g/mol. The van der Waals surface area contributed by atoms with E-state index in [4.69, 9.17) is 0 Å². The van der Waals surface area contributed by atoms with Crippen molar-refractivity contribution in [2.75, 3.05) is 6.54 Å². The van der Waals surface area contributed by atoms with Gasteiger partial charge in [0.15, 0.2) is 0 Å². The largest absolute Gasteiger partial charge is 0.393 e. The van der Waals surface area contributed by atoms with Crippen molar-refractivity contribution in [1.29, 1.82) is 0 Å². The molecular weight excluding hydrogens is 190 g/mol. The van der Waals surface area contributed by atoms with Gasteiger partial charge in [-0.1, -0.05) is 0 Å². The lowest BCUT2D eigenvalue weighted by atomic mass is 9.78. The van der Waals surface area contributed by atoms with Crippen LogP contribution in [0.5, 0.6) is 0 Å². The first-order chi connectivity index (χ1) is 6.79. The molecule has 0 unspecified atom stereocenters. The van der Waals surface area contributed by atoms with Crippen LogP contribution < -0.4 is 0 Å². The Hall–Kier alpha value is -0.410. The smallest absolute Gasteiger partial charge is 0.121 e. The van der Waals surface area contributed by atoms with Gasteiger partial charge in [0.1, 0.15) is 6.29 Å². The molecule has 3 heteroatoms. The minimum atomic E-state index is -0.220. The Morgan fingerprint density at radius 3 is 2.13 bits per heavy atom. The van der Waals surface area contributed by atoms with Gasteiger partial charge in [0, 0.05) is 24.0 Å². The van der Waals surface area contributed by atoms with Crippen molar-refractivity contribution >= 4 is 6.29 Å². The molecule has 0 aliphatic carbocycles. The molecule has 88 valence electrons. The number of aliphatic hydroxyl groups is 1. The molecule has 15 heavy (non-hydrogen) atoms. The summed E-state index contributed by atoms with van der Waals surface area (Å²) in [5.41, 5.74) is -0.0473. The van der Waals surface area contributed by atoms with Gasteiger partial charge in [0.05, 0.1) is 6.10 Å². The molecule has 0 saturated carbocycles. The predicted octanol–water partition coefficient (Wildman–Crippen LogP) is 1.59. The maximum absolute atomic E-state index is 10.5. The number of carbonyl (C=O) groups excluding carboxylic acids is 1. The van der Waals surface area contributed by atoms with Crippen molar-refractivity contribution in [3.8, 4) is 0 Å². The Morgan fingerprint density at radius 1 is 1.27 bits per heavy atom. The van der Waals surface area contributed by atoms with E-state index in [2.05, 4.69) is 32.6 Å². The Morgan fingerprint density at radius 2 is 1.73 bits per heavy atom. The molecule has 0 radical (unpaired) electrons. The van der Waals surface area contributed by atoms with Crippen molar-refractivity contribution in [2.24, 2.45) is 0 Å². The van der Waals surface area contributed by atoms with Gasteiger partial charge in [0.2, 0.25) is 0 Å². The second-order valence-corrected chi connectivity index (χ2v) is 5.79. The van der Waals surface area contributed by atoms with Crippen LogP contribution in [0.4, 0.5) is 0 Å². The molecule has 1 rings (SSSR count). The van der Waals surface area contributed by atoms with E-state index in [1.165, 1.54) is 0 Å². The molecule has 0 aromatic rings. The predicted molar refractivity (Wildman–Crippen MR) is 60.8 cm³/mol. The Bertz CT molecular complexity index is 218. The molecule has 0 bridgehead atoms. The molecule has 0 amide bonds. The van der Waals surface area contributed by atoms with Crippen LogP contribution >= 0.6 is 0 Å². The Kier molecular flexibility index (Phi) is 3.56. The Labute approximate surface area is 92.5 Å². The van der Waals surface area contributed by atoms with Crippen LogP contribution in [-0.2, 0) is 4.79 Å². The van der Waals surface area contributed by atoms with E-state index in [0.29, 0.717) is 6.42 Å². The van der Waals surface area contributed by atoms with Crippen LogP contribution in [0.1, 0.15) is 47.0 Å². The number of hydrogen-bond donors (Lipinski definition) is 1. The molecule has 0 atom stereocenters. The lowest BCUT2D eigenvalue weighted by Gasteiger charge is -2.54. The van der Waals surface area contributed by atoms with E-state index in [1.807, 2.05) is 0 Å². The van der Waals surface area contributed by atoms with Crippen molar-refractivity contribution < 1.29 is 9.90 Å². The summed E-state index contributed by atoms with van der Waals surface area (Å²) in [4.78, 5) is 12.8. The maximum Gasteiger partial charge on any atom is 0.121 e. The normalized spacial score (nSPS) is 26.5. The van der Waals surface area contributed by atoms with Gasteiger partial charge in [-0.3, -0.25) is 4.90 Å². The topological polar surface area (TPSA) is 40.5 Å². The minimum absolute atomic E-state index is 0.0236. The van der Waals surface area contributed by atoms with Crippen LogP contribution in [0.2, 0.25) is 0 Å². The third-order valence-electron chi connectivity index (χ3n) is 3.40. The molecule has 0 aromatic heterocycles. The first kappa shape index (κ1) is 12.7. The highest BCUT2D eigenvalue weighted by atomic mass is 16.3. The average Bonchev–Trinajstić information content (AvgIpc) is 1.98. The SMILES string of the molecule is CC1(C)CC(O)CC(C)(C)N1CCC=O. The molecule has 3 nitrogen and oxygen atoms in total. The summed E-state index contributed by atoms with van der Waals surface area (Å²) < 4.78 is 0. The number of aliphatic hydroxyl groups excluding tert-OH is 1. The lowest BCUT2D eigenvalue weighted by molar-refractivity contribution is -0.111. The summed E-state index contributed by atoms with van der Waals surface area (Å²) in [7, 11) is 0. The zero-order chi connectivity index (χ0) is 11.7. The van der Waals surface area contributed by atoms with Crippen LogP contribution in [-0.4, -0.2) is 40.0 Å². The molecular formula is C12H23NO2. The second-order valence-electron chi connectivity index (χ2n) is 5.79. The number of carbonyl (C=O) groups is 1. The zero-order valence-corrected chi connectivity index (χ0v) is 10.3. The van der Waals surface area contributed by atoms with E-state index in [1.54, 1.807) is 0 Å². The van der Waals surface area contributed by atoms with Gasteiger partial charge in [-0.05, 0) is 40.5 Å². The maximum atomic E-state index is 10.5. The van der Waals surface area contributed by atoms with Crippen LogP contribution in [0.3, 0.4) is 0 Å². The fourth-order valence-corrected chi connectivity index (χ4v) is 3.05. The lowest BCUT2D eigenvalue weighted by Crippen LogP contribution is -2.61. The fourth-order valence-electron chi connectivity index (χ4n) is 3.05. The van der Waals surface area contributed by atoms with Crippen molar-refractivity contribution in [3.63, 3.8) is 0 Å². The quantitative estimate of drug-likeness (QED) is 0.724. The van der Waals surface area contributed by atoms with Crippen LogP contribution in [0, 0.1) is 0 Å². The second kappa shape index (κ2) is 4.22. The van der Waals surface area contributed by atoms with Gasteiger partial charge in [-0.2, -0.15) is 0 Å². The summed E-state index contributed by atoms with van der Waals surface area (Å²) in [5, 5.41) is 9.83. The summed E-state index contributed by atoms with van der Waals surface area (Å²) >= 11 is 0. The van der Waals surface area contributed by atoms with E-state index < -0.39 is 0 Å². The molecule has 0 aromatic carbocycles. The average molecular weight is 213 g/mol. The number of likely N-dealkylation sites (tertiary alicyclic amines) is 1. The molecule has 1 heterocycles. The number of aldehydes is 1. The van der Waals surface area contributed by atoms with Crippen LogP contribution in [0.15, 0.2) is 0 Å². The first-order valence-corrected chi connectivity index (χ1v) is 5.69. The first-order valence-electron chi connectivity index (χ1n) is 5.69. The van der Waals surface area contributed by atoms with Crippen molar-refractivity contribution in [2.45, 2.75) is 64.1 Å². The number of piperidine rings is 1. The highest BCUT2D eigenvalue weighted by Gasteiger charge is 2.44. The zero-order valence-electron chi connectivity index (χ0n) is 10.3. The molecule has 1 aliphatic rings. The number of rotatable bonds is 3. The van der Waals surface area contributed by atoms with Gasteiger partial charge < -0.3 is 9.90 Å². The third kappa shape index (κ3) is 2.79. The molecule has 1 aliphatic heterocycles. The summed E-state index contributed by atoms with van der Waals surface area (Å²) in [6.45, 7) is 9.35. The van der Waals surface area contributed by atoms with Crippen molar-refractivity contribution in [3.05, 3.63) is 0 Å². The highest BCUT2D eigenvalue weighted by molar-refractivity contribution is 5.49.